The average Bonchev–Trinajstić information content (AvgIpc) is 3.10. The normalized spacial score (nSPS) is 11.1. The lowest BCUT2D eigenvalue weighted by molar-refractivity contribution is 0.0742. The van der Waals surface area contributed by atoms with Gasteiger partial charge in [-0.2, -0.15) is 5.10 Å². The second-order valence-electron chi connectivity index (χ2n) is 7.19. The lowest BCUT2D eigenvalue weighted by Gasteiger charge is -2.21. The Kier molecular flexibility index (Phi) is 5.56. The third-order valence-corrected chi connectivity index (χ3v) is 5.24. The van der Waals surface area contributed by atoms with E-state index in [0.717, 1.165) is 11.4 Å². The topological polar surface area (TPSA) is 96.8 Å². The number of amides is 1. The SMILES string of the molecule is CCN(Cc1nc2ccccc2c(=O)[nH]1)C(=O)c1nc(-n2nc(C)cc2C)ccc1Cl. The number of nitrogens with one attached hydrogen (secondary N) is 1. The molecule has 158 valence electrons. The number of hydrogen-bond acceptors (Lipinski definition) is 5. The molecular weight excluding hydrogens is 416 g/mol. The number of aromatic amines is 1. The standard InChI is InChI=1S/C22H21ClN6O2/c1-4-28(12-18-24-17-8-6-5-7-15(17)21(30)25-18)22(31)20-16(23)9-10-19(26-20)29-14(3)11-13(2)27-29/h5-11H,4,12H2,1-3H3,(H,24,25,30). The highest BCUT2D eigenvalue weighted by Crippen LogP contribution is 2.20. The molecule has 0 aliphatic rings. The Morgan fingerprint density at radius 2 is 1.94 bits per heavy atom. The van der Waals surface area contributed by atoms with Crippen molar-refractivity contribution in [2.45, 2.75) is 27.3 Å². The van der Waals surface area contributed by atoms with Crippen LogP contribution >= 0.6 is 11.6 Å². The van der Waals surface area contributed by atoms with Crippen molar-refractivity contribution in [3.8, 4) is 5.82 Å². The van der Waals surface area contributed by atoms with Gasteiger partial charge in [0.2, 0.25) is 0 Å². The van der Waals surface area contributed by atoms with Gasteiger partial charge in [-0.25, -0.2) is 14.6 Å². The van der Waals surface area contributed by atoms with E-state index in [-0.39, 0.29) is 28.7 Å². The van der Waals surface area contributed by atoms with Crippen LogP contribution in [0, 0.1) is 13.8 Å². The minimum atomic E-state index is -0.355. The molecule has 0 spiro atoms. The van der Waals surface area contributed by atoms with Crippen LogP contribution in [0.2, 0.25) is 5.02 Å². The van der Waals surface area contributed by atoms with Crippen molar-refractivity contribution >= 4 is 28.4 Å². The summed E-state index contributed by atoms with van der Waals surface area (Å²) in [6.45, 7) is 6.16. The molecule has 1 amide bonds. The van der Waals surface area contributed by atoms with Crippen molar-refractivity contribution in [1.82, 2.24) is 29.6 Å². The van der Waals surface area contributed by atoms with Crippen molar-refractivity contribution in [3.05, 3.63) is 80.7 Å². The Morgan fingerprint density at radius 1 is 1.16 bits per heavy atom. The van der Waals surface area contributed by atoms with Gasteiger partial charge in [-0.1, -0.05) is 23.7 Å². The summed E-state index contributed by atoms with van der Waals surface area (Å²) in [7, 11) is 0. The van der Waals surface area contributed by atoms with Crippen LogP contribution in [0.5, 0.6) is 0 Å². The van der Waals surface area contributed by atoms with Gasteiger partial charge in [-0.3, -0.25) is 9.59 Å². The van der Waals surface area contributed by atoms with E-state index in [1.54, 1.807) is 35.0 Å². The predicted molar refractivity (Wildman–Crippen MR) is 119 cm³/mol. The van der Waals surface area contributed by atoms with Crippen LogP contribution in [0.1, 0.15) is 34.6 Å². The van der Waals surface area contributed by atoms with E-state index in [9.17, 15) is 9.59 Å². The Hall–Kier alpha value is -3.52. The summed E-state index contributed by atoms with van der Waals surface area (Å²) in [5.41, 5.74) is 2.20. The molecular formula is C22H21ClN6O2. The molecule has 9 heteroatoms. The smallest absolute Gasteiger partial charge is 0.274 e. The van der Waals surface area contributed by atoms with Gasteiger partial charge < -0.3 is 9.88 Å². The van der Waals surface area contributed by atoms with Crippen molar-refractivity contribution in [2.24, 2.45) is 0 Å². The number of carbonyl (C=O) groups excluding carboxylic acids is 1. The highest BCUT2D eigenvalue weighted by Gasteiger charge is 2.21. The lowest BCUT2D eigenvalue weighted by Crippen LogP contribution is -2.33. The van der Waals surface area contributed by atoms with Crippen LogP contribution in [-0.2, 0) is 6.54 Å². The number of fused-ring (bicyclic) bond motifs is 1. The minimum Gasteiger partial charge on any atom is -0.330 e. The Balaban J connectivity index is 1.67. The van der Waals surface area contributed by atoms with Crippen LogP contribution in [0.15, 0.2) is 47.3 Å². The number of carbonyl (C=O) groups is 1. The van der Waals surface area contributed by atoms with Gasteiger partial charge in [0.05, 0.1) is 28.2 Å². The Labute approximate surface area is 183 Å². The van der Waals surface area contributed by atoms with Crippen molar-refractivity contribution in [3.63, 3.8) is 0 Å². The van der Waals surface area contributed by atoms with Gasteiger partial charge in [-0.05, 0) is 51.1 Å². The first kappa shape index (κ1) is 20.7. The lowest BCUT2D eigenvalue weighted by atomic mass is 10.2. The first-order valence-corrected chi connectivity index (χ1v) is 10.2. The summed E-state index contributed by atoms with van der Waals surface area (Å²) in [5.74, 6) is 0.544. The van der Waals surface area contributed by atoms with Gasteiger partial charge >= 0.3 is 0 Å². The number of rotatable bonds is 5. The maximum atomic E-state index is 13.3. The fourth-order valence-corrected chi connectivity index (χ4v) is 3.61. The van der Waals surface area contributed by atoms with Crippen LogP contribution in [-0.4, -0.2) is 42.1 Å². The summed E-state index contributed by atoms with van der Waals surface area (Å²) in [6, 6.07) is 12.4. The minimum absolute atomic E-state index is 0.122. The summed E-state index contributed by atoms with van der Waals surface area (Å²) in [5, 5.41) is 5.17. The zero-order valence-electron chi connectivity index (χ0n) is 17.4. The number of halogens is 1. The molecule has 0 radical (unpaired) electrons. The summed E-state index contributed by atoms with van der Waals surface area (Å²) < 4.78 is 1.67. The molecule has 0 saturated carbocycles. The largest absolute Gasteiger partial charge is 0.330 e. The van der Waals surface area contributed by atoms with Gasteiger partial charge in [0.15, 0.2) is 5.82 Å². The Bertz CT molecular complexity index is 1340. The molecule has 8 nitrogen and oxygen atoms in total. The number of para-hydroxylation sites is 1. The summed E-state index contributed by atoms with van der Waals surface area (Å²) in [4.78, 5) is 38.9. The van der Waals surface area contributed by atoms with Gasteiger partial charge in [0.1, 0.15) is 11.5 Å². The molecule has 1 aromatic carbocycles. The molecule has 0 saturated heterocycles. The molecule has 0 fully saturated rings. The molecule has 4 rings (SSSR count). The maximum absolute atomic E-state index is 13.3. The third-order valence-electron chi connectivity index (χ3n) is 4.93. The van der Waals surface area contributed by atoms with E-state index in [0.29, 0.717) is 29.1 Å². The highest BCUT2D eigenvalue weighted by molar-refractivity contribution is 6.33. The van der Waals surface area contributed by atoms with Crippen LogP contribution < -0.4 is 5.56 Å². The first-order chi connectivity index (χ1) is 14.9. The second kappa shape index (κ2) is 8.31. The third kappa shape index (κ3) is 4.06. The number of pyridine rings is 1. The van der Waals surface area contributed by atoms with Crippen LogP contribution in [0.3, 0.4) is 0 Å². The fourth-order valence-electron chi connectivity index (χ4n) is 3.43. The molecule has 0 atom stereocenters. The van der Waals surface area contributed by atoms with Crippen molar-refractivity contribution in [2.75, 3.05) is 6.54 Å². The molecule has 31 heavy (non-hydrogen) atoms. The molecule has 1 N–H and O–H groups in total. The zero-order chi connectivity index (χ0) is 22.1. The van der Waals surface area contributed by atoms with Crippen molar-refractivity contribution < 1.29 is 4.79 Å². The maximum Gasteiger partial charge on any atom is 0.274 e. The zero-order valence-corrected chi connectivity index (χ0v) is 18.1. The monoisotopic (exact) mass is 436 g/mol. The first-order valence-electron chi connectivity index (χ1n) is 9.84. The van der Waals surface area contributed by atoms with E-state index in [2.05, 4.69) is 20.1 Å². The van der Waals surface area contributed by atoms with E-state index >= 15 is 0 Å². The van der Waals surface area contributed by atoms with Gasteiger partial charge in [0, 0.05) is 12.2 Å². The summed E-state index contributed by atoms with van der Waals surface area (Å²) in [6.07, 6.45) is 0. The highest BCUT2D eigenvalue weighted by atomic mass is 35.5. The van der Waals surface area contributed by atoms with Gasteiger partial charge in [-0.15, -0.1) is 0 Å². The molecule has 0 aliphatic carbocycles. The number of hydrogen-bond donors (Lipinski definition) is 1. The number of aryl methyl sites for hydroxylation is 2. The van der Waals surface area contributed by atoms with Gasteiger partial charge in [0.25, 0.3) is 11.5 Å². The number of H-pyrrole nitrogens is 1. The quantitative estimate of drug-likeness (QED) is 0.517. The summed E-state index contributed by atoms with van der Waals surface area (Å²) >= 11 is 6.32. The molecule has 3 heterocycles. The molecule has 0 aliphatic heterocycles. The predicted octanol–water partition coefficient (Wildman–Crippen LogP) is 3.44. The number of aromatic nitrogens is 5. The number of nitrogens with zero attached hydrogens (tertiary/aromatic N) is 5. The molecule has 4 aromatic rings. The fraction of sp³-hybridized carbons (Fsp3) is 0.227. The van der Waals surface area contributed by atoms with E-state index in [1.165, 1.54) is 4.90 Å². The van der Waals surface area contributed by atoms with E-state index in [1.807, 2.05) is 32.9 Å². The van der Waals surface area contributed by atoms with Crippen LogP contribution in [0.4, 0.5) is 0 Å². The van der Waals surface area contributed by atoms with Crippen molar-refractivity contribution in [1.29, 1.82) is 0 Å². The second-order valence-corrected chi connectivity index (χ2v) is 7.60. The Morgan fingerprint density at radius 3 is 2.65 bits per heavy atom. The van der Waals surface area contributed by atoms with E-state index < -0.39 is 0 Å². The average molecular weight is 437 g/mol. The van der Waals surface area contributed by atoms with Crippen LogP contribution in [0.25, 0.3) is 16.7 Å². The van der Waals surface area contributed by atoms with E-state index in [4.69, 9.17) is 11.6 Å². The molecule has 0 bridgehead atoms. The molecule has 3 aromatic heterocycles. The number of benzene rings is 1. The molecule has 0 unspecified atom stereocenters.